The molecule has 0 amide bonds. The molecule has 96 valence electrons. The molecule has 7 heteroatoms. The van der Waals surface area contributed by atoms with Crippen molar-refractivity contribution in [1.29, 1.82) is 0 Å². The highest BCUT2D eigenvalue weighted by atomic mass is 79.9. The zero-order valence-electron chi connectivity index (χ0n) is 10.2. The van der Waals surface area contributed by atoms with Gasteiger partial charge < -0.3 is 5.32 Å². The topological polar surface area (TPSA) is 64.7 Å². The lowest BCUT2D eigenvalue weighted by molar-refractivity contribution is 0.636. The minimum absolute atomic E-state index is 0.157. The summed E-state index contributed by atoms with van der Waals surface area (Å²) in [6.07, 6.45) is 5.41. The molecule has 0 spiro atoms. The molecule has 0 aliphatic carbocycles. The van der Waals surface area contributed by atoms with Gasteiger partial charge >= 0.3 is 0 Å². The van der Waals surface area contributed by atoms with Crippen LogP contribution >= 0.6 is 15.9 Å². The first-order valence-electron chi connectivity index (χ1n) is 5.52. The molecule has 0 aliphatic rings. The Kier molecular flexibility index (Phi) is 3.81. The lowest BCUT2D eigenvalue weighted by Crippen LogP contribution is -2.22. The summed E-state index contributed by atoms with van der Waals surface area (Å²) in [6.45, 7) is 3.41. The van der Waals surface area contributed by atoms with E-state index in [2.05, 4.69) is 31.4 Å². The number of hydrogen-bond acceptors (Lipinski definition) is 4. The molecule has 0 radical (unpaired) electrons. The zero-order valence-corrected chi connectivity index (χ0v) is 11.8. The van der Waals surface area contributed by atoms with Crippen LogP contribution in [0, 0.1) is 6.92 Å². The van der Waals surface area contributed by atoms with Gasteiger partial charge in [-0.15, -0.1) is 0 Å². The minimum atomic E-state index is -0.157. The Bertz CT molecular complexity index is 604. The summed E-state index contributed by atoms with van der Waals surface area (Å²) in [5, 5.41) is 11.3. The van der Waals surface area contributed by atoms with Crippen molar-refractivity contribution in [2.45, 2.75) is 13.5 Å². The van der Waals surface area contributed by atoms with Crippen LogP contribution in [0.15, 0.2) is 27.9 Å². The molecule has 0 bridgehead atoms. The van der Waals surface area contributed by atoms with Crippen LogP contribution in [0.5, 0.6) is 0 Å². The first kappa shape index (κ1) is 12.8. The van der Waals surface area contributed by atoms with E-state index >= 15 is 0 Å². The van der Waals surface area contributed by atoms with Crippen LogP contribution in [0.2, 0.25) is 0 Å². The molecule has 2 heterocycles. The molecule has 1 N–H and O–H groups in total. The van der Waals surface area contributed by atoms with Crippen LogP contribution < -0.4 is 10.9 Å². The summed E-state index contributed by atoms with van der Waals surface area (Å²) in [4.78, 5) is 11.6. The highest BCUT2D eigenvalue weighted by molar-refractivity contribution is 9.10. The van der Waals surface area contributed by atoms with Gasteiger partial charge in [0.2, 0.25) is 0 Å². The monoisotopic (exact) mass is 311 g/mol. The average molecular weight is 312 g/mol. The van der Waals surface area contributed by atoms with Crippen LogP contribution in [0.4, 0.5) is 5.69 Å². The van der Waals surface area contributed by atoms with E-state index < -0.39 is 0 Å². The fourth-order valence-corrected chi connectivity index (χ4v) is 2.03. The molecule has 0 aromatic carbocycles. The SMILES string of the molecule is Cc1cnn(CCNc2cnn(C)c(=O)c2Br)c1. The number of nitrogens with zero attached hydrogens (tertiary/aromatic N) is 4. The van der Waals surface area contributed by atoms with Gasteiger partial charge in [0, 0.05) is 19.8 Å². The number of anilines is 1. The predicted octanol–water partition coefficient (Wildman–Crippen LogP) is 1.16. The molecular formula is C11H14BrN5O. The number of aryl methyl sites for hydroxylation is 2. The Morgan fingerprint density at radius 1 is 1.39 bits per heavy atom. The lowest BCUT2D eigenvalue weighted by atomic mass is 10.4. The number of hydrogen-bond donors (Lipinski definition) is 1. The minimum Gasteiger partial charge on any atom is -0.381 e. The van der Waals surface area contributed by atoms with E-state index in [4.69, 9.17) is 0 Å². The predicted molar refractivity (Wildman–Crippen MR) is 72.6 cm³/mol. The second kappa shape index (κ2) is 5.34. The van der Waals surface area contributed by atoms with Gasteiger partial charge in [-0.1, -0.05) is 0 Å². The van der Waals surface area contributed by atoms with Gasteiger partial charge in [-0.2, -0.15) is 10.2 Å². The third-order valence-corrected chi connectivity index (χ3v) is 3.26. The van der Waals surface area contributed by atoms with Crippen LogP contribution in [0.3, 0.4) is 0 Å². The first-order valence-corrected chi connectivity index (χ1v) is 6.32. The Morgan fingerprint density at radius 2 is 2.17 bits per heavy atom. The second-order valence-electron chi connectivity index (χ2n) is 4.01. The van der Waals surface area contributed by atoms with Gasteiger partial charge in [0.15, 0.2) is 0 Å². The third-order valence-electron chi connectivity index (χ3n) is 2.50. The summed E-state index contributed by atoms with van der Waals surface area (Å²) in [5.74, 6) is 0. The molecule has 0 fully saturated rings. The van der Waals surface area contributed by atoms with Crippen LogP contribution in [-0.2, 0) is 13.6 Å². The first-order chi connectivity index (χ1) is 8.58. The molecule has 2 rings (SSSR count). The maximum absolute atomic E-state index is 11.6. The number of halogens is 1. The standard InChI is InChI=1S/C11H14BrN5O/c1-8-5-15-17(7-8)4-3-13-9-6-14-16(2)11(18)10(9)12/h5-7,13H,3-4H2,1-2H3. The summed E-state index contributed by atoms with van der Waals surface area (Å²) < 4.78 is 3.63. The van der Waals surface area contributed by atoms with Crippen molar-refractivity contribution in [2.75, 3.05) is 11.9 Å². The van der Waals surface area contributed by atoms with Gasteiger partial charge in [-0.25, -0.2) is 4.68 Å². The van der Waals surface area contributed by atoms with Crippen molar-refractivity contribution in [2.24, 2.45) is 7.05 Å². The molecule has 0 atom stereocenters. The molecule has 2 aromatic heterocycles. The Hall–Kier alpha value is -1.63. The highest BCUT2D eigenvalue weighted by Gasteiger charge is 2.05. The maximum atomic E-state index is 11.6. The molecular weight excluding hydrogens is 298 g/mol. The van der Waals surface area contributed by atoms with E-state index in [1.165, 1.54) is 4.68 Å². The largest absolute Gasteiger partial charge is 0.381 e. The van der Waals surface area contributed by atoms with Crippen molar-refractivity contribution >= 4 is 21.6 Å². The van der Waals surface area contributed by atoms with Gasteiger partial charge in [-0.3, -0.25) is 9.48 Å². The Morgan fingerprint density at radius 3 is 2.83 bits per heavy atom. The van der Waals surface area contributed by atoms with Crippen molar-refractivity contribution < 1.29 is 0 Å². The van der Waals surface area contributed by atoms with Gasteiger partial charge in [-0.05, 0) is 28.4 Å². The molecule has 0 aliphatic heterocycles. The van der Waals surface area contributed by atoms with Crippen molar-refractivity contribution in [3.05, 3.63) is 39.0 Å². The van der Waals surface area contributed by atoms with Crippen LogP contribution in [0.25, 0.3) is 0 Å². The second-order valence-corrected chi connectivity index (χ2v) is 4.80. The Balaban J connectivity index is 1.99. The zero-order chi connectivity index (χ0) is 13.1. The molecule has 0 saturated carbocycles. The van der Waals surface area contributed by atoms with Crippen LogP contribution in [-0.4, -0.2) is 26.1 Å². The highest BCUT2D eigenvalue weighted by Crippen LogP contribution is 2.15. The van der Waals surface area contributed by atoms with Crippen molar-refractivity contribution in [3.8, 4) is 0 Å². The van der Waals surface area contributed by atoms with Gasteiger partial charge in [0.25, 0.3) is 5.56 Å². The van der Waals surface area contributed by atoms with Crippen molar-refractivity contribution in [1.82, 2.24) is 19.6 Å². The number of rotatable bonds is 4. The smallest absolute Gasteiger partial charge is 0.282 e. The Labute approximate surface area is 113 Å². The molecule has 6 nitrogen and oxygen atoms in total. The van der Waals surface area contributed by atoms with Crippen molar-refractivity contribution in [3.63, 3.8) is 0 Å². The third kappa shape index (κ3) is 2.79. The summed E-state index contributed by atoms with van der Waals surface area (Å²) >= 11 is 3.26. The van der Waals surface area contributed by atoms with Gasteiger partial charge in [0.1, 0.15) is 4.47 Å². The molecule has 18 heavy (non-hydrogen) atoms. The van der Waals surface area contributed by atoms with Gasteiger partial charge in [0.05, 0.1) is 24.6 Å². The normalized spacial score (nSPS) is 10.6. The molecule has 0 unspecified atom stereocenters. The van der Waals surface area contributed by atoms with E-state index in [-0.39, 0.29) is 5.56 Å². The molecule has 2 aromatic rings. The van der Waals surface area contributed by atoms with Crippen LogP contribution in [0.1, 0.15) is 5.56 Å². The van der Waals surface area contributed by atoms with E-state index in [1.54, 1.807) is 13.2 Å². The average Bonchev–Trinajstić information content (AvgIpc) is 2.75. The fourth-order valence-electron chi connectivity index (χ4n) is 1.53. The van der Waals surface area contributed by atoms with E-state index in [0.717, 1.165) is 12.1 Å². The quantitative estimate of drug-likeness (QED) is 0.920. The summed E-state index contributed by atoms with van der Waals surface area (Å²) in [6, 6.07) is 0. The summed E-state index contributed by atoms with van der Waals surface area (Å²) in [7, 11) is 1.61. The lowest BCUT2D eigenvalue weighted by Gasteiger charge is -2.08. The van der Waals surface area contributed by atoms with E-state index in [0.29, 0.717) is 16.7 Å². The number of aromatic nitrogens is 4. The van der Waals surface area contributed by atoms with E-state index in [9.17, 15) is 4.79 Å². The summed E-state index contributed by atoms with van der Waals surface area (Å²) in [5.41, 5.74) is 1.67. The number of nitrogens with one attached hydrogen (secondary N) is 1. The van der Waals surface area contributed by atoms with E-state index in [1.807, 2.05) is 24.0 Å². The fraction of sp³-hybridized carbons (Fsp3) is 0.364. The molecule has 0 saturated heterocycles. The maximum Gasteiger partial charge on any atom is 0.282 e.